The Labute approximate surface area is 165 Å². The van der Waals surface area contributed by atoms with Gasteiger partial charge in [0.05, 0.1) is 0 Å². The molecule has 0 radical (unpaired) electrons. The van der Waals surface area contributed by atoms with E-state index in [4.69, 9.17) is 5.73 Å². The summed E-state index contributed by atoms with van der Waals surface area (Å²) in [5.74, 6) is 0. The fourth-order valence-electron chi connectivity index (χ4n) is 3.40. The predicted molar refractivity (Wildman–Crippen MR) is 118 cm³/mol. The minimum Gasteiger partial charge on any atom is -0.330 e. The van der Waals surface area contributed by atoms with E-state index in [1.807, 2.05) is 0 Å². The summed E-state index contributed by atoms with van der Waals surface area (Å²) in [7, 11) is 8.69. The van der Waals surface area contributed by atoms with E-state index in [1.165, 1.54) is 110 Å². The van der Waals surface area contributed by atoms with Crippen LogP contribution in [-0.2, 0) is 0 Å². The molecular weight excluding hydrogens is 320 g/mol. The van der Waals surface area contributed by atoms with E-state index in [0.717, 1.165) is 6.54 Å². The number of rotatable bonds is 20. The molecule has 0 amide bonds. The Bertz CT molecular complexity index is 249. The predicted octanol–water partition coefficient (Wildman–Crippen LogP) is 4.05. The van der Waals surface area contributed by atoms with E-state index >= 15 is 0 Å². The van der Waals surface area contributed by atoms with Crippen LogP contribution in [0.15, 0.2) is 0 Å². The molecular formula is C22H50N4. The van der Waals surface area contributed by atoms with Crippen molar-refractivity contribution in [3.8, 4) is 0 Å². The monoisotopic (exact) mass is 370 g/mol. The molecule has 0 unspecified atom stereocenters. The van der Waals surface area contributed by atoms with Crippen LogP contribution in [-0.4, -0.2) is 82.2 Å². The van der Waals surface area contributed by atoms with Gasteiger partial charge in [0.25, 0.3) is 0 Å². The van der Waals surface area contributed by atoms with Gasteiger partial charge in [-0.2, -0.15) is 0 Å². The molecule has 0 aliphatic rings. The fraction of sp³-hybridized carbons (Fsp3) is 1.00. The van der Waals surface area contributed by atoms with Gasteiger partial charge in [-0.1, -0.05) is 38.5 Å². The molecule has 0 aliphatic carbocycles. The third-order valence-electron chi connectivity index (χ3n) is 5.09. The second-order valence-corrected chi connectivity index (χ2v) is 8.48. The van der Waals surface area contributed by atoms with Crippen LogP contribution in [0.5, 0.6) is 0 Å². The maximum atomic E-state index is 5.60. The van der Waals surface area contributed by atoms with Crippen LogP contribution in [0, 0.1) is 0 Å². The smallest absolute Gasteiger partial charge is 0.00187 e. The lowest BCUT2D eigenvalue weighted by molar-refractivity contribution is 0.253. The molecule has 2 N–H and O–H groups in total. The first-order valence-electron chi connectivity index (χ1n) is 11.3. The zero-order valence-corrected chi connectivity index (χ0v) is 18.6. The lowest BCUT2D eigenvalue weighted by Gasteiger charge is -2.22. The third kappa shape index (κ3) is 20.2. The Balaban J connectivity index is 3.82. The van der Waals surface area contributed by atoms with Crippen LogP contribution >= 0.6 is 0 Å². The summed E-state index contributed by atoms with van der Waals surface area (Å²) in [5, 5.41) is 0. The van der Waals surface area contributed by atoms with Crippen LogP contribution in [0.2, 0.25) is 0 Å². The fourth-order valence-corrected chi connectivity index (χ4v) is 3.40. The summed E-state index contributed by atoms with van der Waals surface area (Å²) in [5.41, 5.74) is 5.60. The highest BCUT2D eigenvalue weighted by molar-refractivity contribution is 4.61. The quantitative estimate of drug-likeness (QED) is 0.328. The van der Waals surface area contributed by atoms with Crippen molar-refractivity contribution in [3.05, 3.63) is 0 Å². The van der Waals surface area contributed by atoms with Gasteiger partial charge in [0.1, 0.15) is 0 Å². The summed E-state index contributed by atoms with van der Waals surface area (Å²) in [6.45, 7) is 7.21. The largest absolute Gasteiger partial charge is 0.330 e. The molecule has 0 heterocycles. The van der Waals surface area contributed by atoms with Gasteiger partial charge in [0.2, 0.25) is 0 Å². The molecule has 0 fully saturated rings. The van der Waals surface area contributed by atoms with Crippen molar-refractivity contribution in [1.82, 2.24) is 14.7 Å². The van der Waals surface area contributed by atoms with Gasteiger partial charge < -0.3 is 20.4 Å². The normalized spacial score (nSPS) is 12.0. The SMILES string of the molecule is CN(C)CCCCCCN(CCCCCCN)CCCCCCN(C)C. The molecule has 0 saturated heterocycles. The number of unbranched alkanes of at least 4 members (excludes halogenated alkanes) is 9. The highest BCUT2D eigenvalue weighted by Crippen LogP contribution is 2.08. The summed E-state index contributed by atoms with van der Waals surface area (Å²) in [6, 6.07) is 0. The van der Waals surface area contributed by atoms with Gasteiger partial charge in [-0.15, -0.1) is 0 Å². The number of nitrogens with two attached hydrogens (primary N) is 1. The van der Waals surface area contributed by atoms with E-state index in [0.29, 0.717) is 0 Å². The van der Waals surface area contributed by atoms with Gasteiger partial charge in [0, 0.05) is 0 Å². The minimum atomic E-state index is 0.851. The average Bonchev–Trinajstić information content (AvgIpc) is 2.59. The number of hydrogen-bond acceptors (Lipinski definition) is 4. The molecule has 0 aromatic heterocycles. The van der Waals surface area contributed by atoms with Crippen LogP contribution in [0.4, 0.5) is 0 Å². The molecule has 0 atom stereocenters. The van der Waals surface area contributed by atoms with Crippen LogP contribution < -0.4 is 5.73 Å². The molecule has 158 valence electrons. The van der Waals surface area contributed by atoms with Crippen molar-refractivity contribution < 1.29 is 0 Å². The van der Waals surface area contributed by atoms with E-state index in [-0.39, 0.29) is 0 Å². The standard InChI is InChI=1S/C22H50N4/c1-24(2)18-12-7-9-15-21-26(20-14-6-5-11-17-23)22-16-10-8-13-19-25(3)4/h5-23H2,1-4H3. The van der Waals surface area contributed by atoms with Crippen molar-refractivity contribution in [3.63, 3.8) is 0 Å². The summed E-state index contributed by atoms with van der Waals surface area (Å²) >= 11 is 0. The Morgan fingerprint density at radius 2 is 0.731 bits per heavy atom. The zero-order valence-electron chi connectivity index (χ0n) is 18.6. The molecule has 26 heavy (non-hydrogen) atoms. The average molecular weight is 371 g/mol. The lowest BCUT2D eigenvalue weighted by Crippen LogP contribution is -2.27. The van der Waals surface area contributed by atoms with Gasteiger partial charge in [0.15, 0.2) is 0 Å². The molecule has 4 nitrogen and oxygen atoms in total. The maximum Gasteiger partial charge on any atom is -0.00187 e. The molecule has 4 heteroatoms. The molecule has 0 spiro atoms. The second-order valence-electron chi connectivity index (χ2n) is 8.48. The highest BCUT2D eigenvalue weighted by Gasteiger charge is 2.05. The van der Waals surface area contributed by atoms with Crippen LogP contribution in [0.25, 0.3) is 0 Å². The first-order chi connectivity index (χ1) is 12.6. The van der Waals surface area contributed by atoms with Gasteiger partial charge in [-0.05, 0) is 106 Å². The van der Waals surface area contributed by atoms with Crippen molar-refractivity contribution in [2.75, 3.05) is 67.5 Å². The highest BCUT2D eigenvalue weighted by atomic mass is 15.1. The van der Waals surface area contributed by atoms with Crippen molar-refractivity contribution >= 4 is 0 Å². The topological polar surface area (TPSA) is 35.7 Å². The molecule has 0 saturated carbocycles. The summed E-state index contributed by atoms with van der Waals surface area (Å²) in [6.07, 6.45) is 16.2. The zero-order chi connectivity index (χ0) is 19.5. The van der Waals surface area contributed by atoms with Gasteiger partial charge in [-0.25, -0.2) is 0 Å². The minimum absolute atomic E-state index is 0.851. The van der Waals surface area contributed by atoms with Crippen molar-refractivity contribution in [1.29, 1.82) is 0 Å². The Morgan fingerprint density at radius 3 is 1.04 bits per heavy atom. The van der Waals surface area contributed by atoms with Crippen molar-refractivity contribution in [2.24, 2.45) is 5.73 Å². The van der Waals surface area contributed by atoms with E-state index in [9.17, 15) is 0 Å². The Morgan fingerprint density at radius 1 is 0.423 bits per heavy atom. The molecule has 0 rings (SSSR count). The van der Waals surface area contributed by atoms with Gasteiger partial charge in [-0.3, -0.25) is 0 Å². The van der Waals surface area contributed by atoms with Crippen LogP contribution in [0.3, 0.4) is 0 Å². The summed E-state index contributed by atoms with van der Waals surface area (Å²) < 4.78 is 0. The Kier molecular flexibility index (Phi) is 19.5. The number of nitrogens with zero attached hydrogens (tertiary/aromatic N) is 3. The maximum absolute atomic E-state index is 5.60. The first-order valence-corrected chi connectivity index (χ1v) is 11.3. The third-order valence-corrected chi connectivity index (χ3v) is 5.09. The van der Waals surface area contributed by atoms with E-state index in [1.54, 1.807) is 0 Å². The van der Waals surface area contributed by atoms with Crippen molar-refractivity contribution in [2.45, 2.75) is 77.0 Å². The summed E-state index contributed by atoms with van der Waals surface area (Å²) in [4.78, 5) is 7.33. The second kappa shape index (κ2) is 19.6. The Hall–Kier alpha value is -0.160. The molecule has 0 bridgehead atoms. The van der Waals surface area contributed by atoms with Gasteiger partial charge >= 0.3 is 0 Å². The molecule has 0 aromatic rings. The first kappa shape index (κ1) is 25.8. The number of hydrogen-bond donors (Lipinski definition) is 1. The van der Waals surface area contributed by atoms with E-state index < -0.39 is 0 Å². The van der Waals surface area contributed by atoms with Crippen LogP contribution in [0.1, 0.15) is 77.0 Å². The lowest BCUT2D eigenvalue weighted by atomic mass is 10.1. The van der Waals surface area contributed by atoms with E-state index in [2.05, 4.69) is 42.9 Å². The molecule has 0 aliphatic heterocycles. The molecule has 0 aromatic carbocycles.